The van der Waals surface area contributed by atoms with Crippen molar-refractivity contribution in [2.24, 2.45) is 0 Å². The third-order valence-electron chi connectivity index (χ3n) is 3.10. The lowest BCUT2D eigenvalue weighted by atomic mass is 10.1. The first-order valence-corrected chi connectivity index (χ1v) is 6.37. The minimum absolute atomic E-state index is 0.00727. The first-order valence-electron chi connectivity index (χ1n) is 6.37. The molecule has 0 radical (unpaired) electrons. The number of hydrogen-bond donors (Lipinski definition) is 1. The molecule has 0 bridgehead atoms. The van der Waals surface area contributed by atoms with Gasteiger partial charge in [0.2, 0.25) is 0 Å². The average molecular weight is 236 g/mol. The average Bonchev–Trinajstić information content (AvgIpc) is 2.39. The van der Waals surface area contributed by atoms with Gasteiger partial charge >= 0.3 is 0 Å². The second-order valence-electron chi connectivity index (χ2n) is 4.41. The fourth-order valence-corrected chi connectivity index (χ4v) is 2.18. The Bertz CT molecular complexity index is 408. The smallest absolute Gasteiger partial charge is 0.293 e. The van der Waals surface area contributed by atoms with E-state index in [-0.39, 0.29) is 5.56 Å². The Balaban J connectivity index is 2.19. The molecule has 2 rings (SSSR count). The van der Waals surface area contributed by atoms with Gasteiger partial charge in [0, 0.05) is 12.2 Å². The van der Waals surface area contributed by atoms with Gasteiger partial charge in [-0.1, -0.05) is 6.92 Å². The number of nitrogens with one attached hydrogen (secondary N) is 1. The van der Waals surface area contributed by atoms with Gasteiger partial charge in [-0.2, -0.15) is 0 Å². The van der Waals surface area contributed by atoms with Crippen LogP contribution in [-0.4, -0.2) is 24.3 Å². The van der Waals surface area contributed by atoms with Gasteiger partial charge in [0.05, 0.1) is 6.61 Å². The molecule has 1 aliphatic rings. The van der Waals surface area contributed by atoms with Crippen LogP contribution in [-0.2, 0) is 0 Å². The highest BCUT2D eigenvalue weighted by Gasteiger charge is 2.17. The van der Waals surface area contributed by atoms with E-state index >= 15 is 0 Å². The van der Waals surface area contributed by atoms with Gasteiger partial charge in [-0.15, -0.1) is 0 Å². The van der Waals surface area contributed by atoms with E-state index < -0.39 is 0 Å². The number of piperidine rings is 1. The molecule has 0 unspecified atom stereocenters. The normalized spacial score (nSPS) is 17.0. The largest absolute Gasteiger partial charge is 0.488 e. The van der Waals surface area contributed by atoms with Crippen molar-refractivity contribution in [2.75, 3.05) is 19.7 Å². The molecule has 0 amide bonds. The first kappa shape index (κ1) is 12.2. The van der Waals surface area contributed by atoms with E-state index in [1.54, 1.807) is 6.07 Å². The van der Waals surface area contributed by atoms with Gasteiger partial charge < -0.3 is 14.6 Å². The van der Waals surface area contributed by atoms with Crippen LogP contribution in [0.1, 0.15) is 32.2 Å². The van der Waals surface area contributed by atoms with Crippen LogP contribution in [0.15, 0.2) is 23.1 Å². The molecular weight excluding hydrogens is 216 g/mol. The lowest BCUT2D eigenvalue weighted by Crippen LogP contribution is -2.34. The van der Waals surface area contributed by atoms with Gasteiger partial charge in [0.25, 0.3) is 5.56 Å². The van der Waals surface area contributed by atoms with Crippen molar-refractivity contribution < 1.29 is 4.74 Å². The molecule has 2 heterocycles. The van der Waals surface area contributed by atoms with Crippen LogP contribution >= 0.6 is 0 Å². The zero-order chi connectivity index (χ0) is 12.1. The van der Waals surface area contributed by atoms with Gasteiger partial charge in [-0.25, -0.2) is 0 Å². The summed E-state index contributed by atoms with van der Waals surface area (Å²) in [5.41, 5.74) is 0.00727. The van der Waals surface area contributed by atoms with Crippen LogP contribution in [0.5, 0.6) is 5.75 Å². The second kappa shape index (κ2) is 5.87. The van der Waals surface area contributed by atoms with E-state index in [1.165, 1.54) is 0 Å². The molecular formula is C13H20N2O2. The highest BCUT2D eigenvalue weighted by atomic mass is 16.5. The molecule has 1 fully saturated rings. The van der Waals surface area contributed by atoms with Crippen molar-refractivity contribution in [3.8, 4) is 5.75 Å². The predicted octanol–water partition coefficient (Wildman–Crippen LogP) is 1.56. The molecule has 1 saturated heterocycles. The van der Waals surface area contributed by atoms with Gasteiger partial charge in [0.15, 0.2) is 5.75 Å². The van der Waals surface area contributed by atoms with Crippen molar-refractivity contribution in [3.63, 3.8) is 0 Å². The molecule has 0 spiro atoms. The van der Waals surface area contributed by atoms with Crippen LogP contribution < -0.4 is 15.6 Å². The van der Waals surface area contributed by atoms with Crippen molar-refractivity contribution in [3.05, 3.63) is 28.7 Å². The first-order chi connectivity index (χ1) is 8.33. The minimum Gasteiger partial charge on any atom is -0.488 e. The highest BCUT2D eigenvalue weighted by molar-refractivity contribution is 5.17. The van der Waals surface area contributed by atoms with Crippen LogP contribution in [0.3, 0.4) is 0 Å². The summed E-state index contributed by atoms with van der Waals surface area (Å²) < 4.78 is 7.29. The Kier molecular flexibility index (Phi) is 4.20. The lowest BCUT2D eigenvalue weighted by Gasteiger charge is -2.25. The maximum atomic E-state index is 12.2. The summed E-state index contributed by atoms with van der Waals surface area (Å²) in [4.78, 5) is 12.2. The number of hydrogen-bond acceptors (Lipinski definition) is 3. The Morgan fingerprint density at radius 1 is 1.47 bits per heavy atom. The standard InChI is InChI=1S/C13H20N2O2/c1-2-10-17-12-4-3-9-15(13(12)16)11-5-7-14-8-6-11/h3-4,9,11,14H,2,5-8,10H2,1H3. The summed E-state index contributed by atoms with van der Waals surface area (Å²) in [7, 11) is 0. The topological polar surface area (TPSA) is 43.3 Å². The fraction of sp³-hybridized carbons (Fsp3) is 0.615. The Morgan fingerprint density at radius 3 is 2.94 bits per heavy atom. The number of rotatable bonds is 4. The van der Waals surface area contributed by atoms with Crippen molar-refractivity contribution >= 4 is 0 Å². The molecule has 1 aromatic heterocycles. The zero-order valence-electron chi connectivity index (χ0n) is 10.3. The Labute approximate surface area is 102 Å². The molecule has 0 aliphatic carbocycles. The van der Waals surface area contributed by atoms with Crippen LogP contribution in [0.25, 0.3) is 0 Å². The molecule has 0 atom stereocenters. The minimum atomic E-state index is 0.00727. The summed E-state index contributed by atoms with van der Waals surface area (Å²) >= 11 is 0. The summed E-state index contributed by atoms with van der Waals surface area (Å²) in [5.74, 6) is 0.480. The van der Waals surface area contributed by atoms with Gasteiger partial charge in [-0.3, -0.25) is 4.79 Å². The lowest BCUT2D eigenvalue weighted by molar-refractivity contribution is 0.301. The van der Waals surface area contributed by atoms with Crippen molar-refractivity contribution in [1.29, 1.82) is 0 Å². The number of aromatic nitrogens is 1. The van der Waals surface area contributed by atoms with Gasteiger partial charge in [0.1, 0.15) is 0 Å². The third kappa shape index (κ3) is 2.88. The van der Waals surface area contributed by atoms with Crippen LogP contribution in [0, 0.1) is 0 Å². The zero-order valence-corrected chi connectivity index (χ0v) is 10.3. The Morgan fingerprint density at radius 2 is 2.24 bits per heavy atom. The summed E-state index contributed by atoms with van der Waals surface area (Å²) in [6.07, 6.45) is 4.81. The number of ether oxygens (including phenoxy) is 1. The number of nitrogens with zero attached hydrogens (tertiary/aromatic N) is 1. The van der Waals surface area contributed by atoms with Gasteiger partial charge in [-0.05, 0) is 44.5 Å². The molecule has 4 heteroatoms. The molecule has 17 heavy (non-hydrogen) atoms. The molecule has 94 valence electrons. The third-order valence-corrected chi connectivity index (χ3v) is 3.10. The molecule has 0 aromatic carbocycles. The van der Waals surface area contributed by atoms with E-state index in [2.05, 4.69) is 5.32 Å². The van der Waals surface area contributed by atoms with E-state index in [1.807, 2.05) is 23.8 Å². The maximum Gasteiger partial charge on any atom is 0.293 e. The van der Waals surface area contributed by atoms with E-state index in [4.69, 9.17) is 4.74 Å². The van der Waals surface area contributed by atoms with Crippen molar-refractivity contribution in [2.45, 2.75) is 32.2 Å². The van der Waals surface area contributed by atoms with Crippen LogP contribution in [0.4, 0.5) is 0 Å². The molecule has 0 saturated carbocycles. The molecule has 1 aliphatic heterocycles. The Hall–Kier alpha value is -1.29. The highest BCUT2D eigenvalue weighted by Crippen LogP contribution is 2.17. The molecule has 4 nitrogen and oxygen atoms in total. The second-order valence-corrected chi connectivity index (χ2v) is 4.41. The van der Waals surface area contributed by atoms with E-state index in [0.717, 1.165) is 32.4 Å². The number of pyridine rings is 1. The quantitative estimate of drug-likeness (QED) is 0.862. The van der Waals surface area contributed by atoms with E-state index in [9.17, 15) is 4.79 Å². The van der Waals surface area contributed by atoms with Crippen molar-refractivity contribution in [1.82, 2.24) is 9.88 Å². The summed E-state index contributed by atoms with van der Waals surface area (Å²) in [6.45, 7) is 4.61. The molecule has 1 aromatic rings. The predicted molar refractivity (Wildman–Crippen MR) is 67.6 cm³/mol. The SMILES string of the molecule is CCCOc1cccn(C2CCNCC2)c1=O. The van der Waals surface area contributed by atoms with Crippen LogP contribution in [0.2, 0.25) is 0 Å². The monoisotopic (exact) mass is 236 g/mol. The fourth-order valence-electron chi connectivity index (χ4n) is 2.18. The van der Waals surface area contributed by atoms with E-state index in [0.29, 0.717) is 18.4 Å². The summed E-state index contributed by atoms with van der Waals surface area (Å²) in [6, 6.07) is 3.97. The molecule has 1 N–H and O–H groups in total. The summed E-state index contributed by atoms with van der Waals surface area (Å²) in [5, 5.41) is 3.31. The maximum absolute atomic E-state index is 12.2.